The Hall–Kier alpha value is -1.06. The lowest BCUT2D eigenvalue weighted by atomic mass is 9.51. The minimum Gasteiger partial charge on any atom is -0.480 e. The smallest absolute Gasteiger partial charge is 0.328 e. The zero-order valence-electron chi connectivity index (χ0n) is 11.7. The van der Waals surface area contributed by atoms with Crippen molar-refractivity contribution in [3.63, 3.8) is 0 Å². The van der Waals surface area contributed by atoms with Gasteiger partial charge in [-0.2, -0.15) is 0 Å². The van der Waals surface area contributed by atoms with Crippen molar-refractivity contribution in [3.05, 3.63) is 0 Å². The molecule has 4 bridgehead atoms. The van der Waals surface area contributed by atoms with Crippen molar-refractivity contribution >= 4 is 11.9 Å². The highest BCUT2D eigenvalue weighted by molar-refractivity contribution is 5.87. The summed E-state index contributed by atoms with van der Waals surface area (Å²) in [5.41, 5.74) is -1.16. The summed E-state index contributed by atoms with van der Waals surface area (Å²) in [6.07, 6.45) is 6.08. The Bertz CT molecular complexity index is 388. The van der Waals surface area contributed by atoms with Crippen molar-refractivity contribution in [3.8, 4) is 0 Å². The zero-order valence-corrected chi connectivity index (χ0v) is 11.7. The Morgan fingerprint density at radius 2 is 1.47 bits per heavy atom. The molecule has 4 nitrogen and oxygen atoms in total. The number of aliphatic carboxylic acids is 1. The van der Waals surface area contributed by atoms with Gasteiger partial charge in [0.25, 0.3) is 0 Å². The number of hydrogen-bond donors (Lipinski definition) is 2. The predicted molar refractivity (Wildman–Crippen MR) is 70.4 cm³/mol. The first kappa shape index (κ1) is 12.9. The van der Waals surface area contributed by atoms with E-state index in [0.717, 1.165) is 11.8 Å². The van der Waals surface area contributed by atoms with E-state index in [2.05, 4.69) is 5.32 Å². The van der Waals surface area contributed by atoms with Gasteiger partial charge in [0.05, 0.1) is 0 Å². The third-order valence-electron chi connectivity index (χ3n) is 5.50. The molecular weight excluding hydrogens is 242 g/mol. The first-order valence-electron chi connectivity index (χ1n) is 7.42. The van der Waals surface area contributed by atoms with Crippen molar-refractivity contribution in [2.45, 2.75) is 51.5 Å². The van der Waals surface area contributed by atoms with Gasteiger partial charge < -0.3 is 10.4 Å². The maximum absolute atomic E-state index is 12.5. The zero-order chi connectivity index (χ0) is 13.8. The van der Waals surface area contributed by atoms with E-state index in [4.69, 9.17) is 5.11 Å². The van der Waals surface area contributed by atoms with Gasteiger partial charge in [0.1, 0.15) is 5.54 Å². The molecule has 0 saturated heterocycles. The lowest BCUT2D eigenvalue weighted by molar-refractivity contribution is -0.150. The fraction of sp³-hybridized carbons (Fsp3) is 0.867. The summed E-state index contributed by atoms with van der Waals surface area (Å²) in [7, 11) is 0. The molecule has 4 aliphatic carbocycles. The maximum atomic E-state index is 12.5. The Kier molecular flexibility index (Phi) is 2.88. The summed E-state index contributed by atoms with van der Waals surface area (Å²) >= 11 is 0. The van der Waals surface area contributed by atoms with Crippen LogP contribution in [0, 0.1) is 29.6 Å². The molecule has 4 aliphatic rings. The van der Waals surface area contributed by atoms with Crippen molar-refractivity contribution in [2.24, 2.45) is 29.6 Å². The first-order valence-corrected chi connectivity index (χ1v) is 7.42. The third kappa shape index (κ3) is 2.15. The Morgan fingerprint density at radius 3 is 1.89 bits per heavy atom. The summed E-state index contributed by atoms with van der Waals surface area (Å²) < 4.78 is 0. The van der Waals surface area contributed by atoms with E-state index in [-0.39, 0.29) is 11.8 Å². The summed E-state index contributed by atoms with van der Waals surface area (Å²) in [6, 6.07) is 0. The van der Waals surface area contributed by atoms with E-state index in [1.807, 2.05) is 0 Å². The molecule has 4 rings (SSSR count). The molecule has 4 heteroatoms. The van der Waals surface area contributed by atoms with Crippen molar-refractivity contribution < 1.29 is 14.7 Å². The molecule has 19 heavy (non-hydrogen) atoms. The summed E-state index contributed by atoms with van der Waals surface area (Å²) in [6.45, 7) is 3.12. The molecule has 0 unspecified atom stereocenters. The molecule has 0 spiro atoms. The molecule has 4 saturated carbocycles. The number of carboxylic acid groups (broad SMARTS) is 1. The van der Waals surface area contributed by atoms with E-state index in [9.17, 15) is 9.59 Å². The van der Waals surface area contributed by atoms with E-state index >= 15 is 0 Å². The molecule has 0 radical (unpaired) electrons. The van der Waals surface area contributed by atoms with Crippen LogP contribution < -0.4 is 5.32 Å². The monoisotopic (exact) mass is 265 g/mol. The molecule has 4 fully saturated rings. The molecule has 0 aromatic heterocycles. The van der Waals surface area contributed by atoms with Crippen molar-refractivity contribution in [1.82, 2.24) is 5.32 Å². The highest BCUT2D eigenvalue weighted by atomic mass is 16.4. The molecule has 0 atom stereocenters. The topological polar surface area (TPSA) is 66.4 Å². The molecule has 2 N–H and O–H groups in total. The lowest BCUT2D eigenvalue weighted by Gasteiger charge is -2.53. The largest absolute Gasteiger partial charge is 0.480 e. The average Bonchev–Trinajstić information content (AvgIpc) is 2.26. The van der Waals surface area contributed by atoms with Gasteiger partial charge in [-0.3, -0.25) is 4.79 Å². The third-order valence-corrected chi connectivity index (χ3v) is 5.50. The molecule has 0 aromatic rings. The minimum atomic E-state index is -1.16. The Balaban J connectivity index is 1.72. The average molecular weight is 265 g/mol. The minimum absolute atomic E-state index is 0.0267. The SMILES string of the molecule is CC(C)(NC(=O)C1C2CC3CC(C2)CC1C3)C(=O)O. The quantitative estimate of drug-likeness (QED) is 0.820. The highest BCUT2D eigenvalue weighted by Gasteiger charge is 2.51. The second-order valence-electron chi connectivity index (χ2n) is 7.38. The summed E-state index contributed by atoms with van der Waals surface area (Å²) in [5, 5.41) is 11.9. The number of hydrogen-bond acceptors (Lipinski definition) is 2. The van der Waals surface area contributed by atoms with Gasteiger partial charge in [-0.25, -0.2) is 4.79 Å². The first-order chi connectivity index (χ1) is 8.87. The second-order valence-corrected chi connectivity index (χ2v) is 7.38. The Labute approximate surface area is 113 Å². The van der Waals surface area contributed by atoms with Crippen LogP contribution in [0.5, 0.6) is 0 Å². The fourth-order valence-corrected chi connectivity index (χ4v) is 4.80. The lowest BCUT2D eigenvalue weighted by Crippen LogP contribution is -2.57. The van der Waals surface area contributed by atoms with Gasteiger partial charge in [-0.15, -0.1) is 0 Å². The number of nitrogens with one attached hydrogen (secondary N) is 1. The van der Waals surface area contributed by atoms with Gasteiger partial charge in [0, 0.05) is 5.92 Å². The summed E-state index contributed by atoms with van der Waals surface area (Å²) in [5.74, 6) is 1.73. The van der Waals surface area contributed by atoms with E-state index in [0.29, 0.717) is 11.8 Å². The number of carbonyl (C=O) groups excluding carboxylic acids is 1. The normalized spacial score (nSPS) is 40.2. The van der Waals surface area contributed by atoms with E-state index in [1.165, 1.54) is 32.1 Å². The van der Waals surface area contributed by atoms with Gasteiger partial charge in [0.15, 0.2) is 0 Å². The van der Waals surface area contributed by atoms with Crippen LogP contribution in [0.2, 0.25) is 0 Å². The van der Waals surface area contributed by atoms with Crippen LogP contribution in [0.25, 0.3) is 0 Å². The van der Waals surface area contributed by atoms with E-state index < -0.39 is 11.5 Å². The van der Waals surface area contributed by atoms with Crippen LogP contribution in [0.3, 0.4) is 0 Å². The second kappa shape index (κ2) is 4.22. The van der Waals surface area contributed by atoms with Crippen molar-refractivity contribution in [2.75, 3.05) is 0 Å². The van der Waals surface area contributed by atoms with Crippen LogP contribution in [0.4, 0.5) is 0 Å². The van der Waals surface area contributed by atoms with Crippen LogP contribution in [-0.4, -0.2) is 22.5 Å². The van der Waals surface area contributed by atoms with Crippen LogP contribution in [0.15, 0.2) is 0 Å². The van der Waals surface area contributed by atoms with Crippen LogP contribution in [-0.2, 0) is 9.59 Å². The maximum Gasteiger partial charge on any atom is 0.328 e. The fourth-order valence-electron chi connectivity index (χ4n) is 4.80. The number of rotatable bonds is 3. The Morgan fingerprint density at radius 1 is 1.00 bits per heavy atom. The molecule has 0 aromatic carbocycles. The van der Waals surface area contributed by atoms with Gasteiger partial charge in [-0.05, 0) is 69.6 Å². The standard InChI is InChI=1S/C15H23NO3/c1-15(2,14(18)19)16-13(17)12-10-4-8-3-9(6-10)7-11(12)5-8/h8-12H,3-7H2,1-2H3,(H,16,17)(H,18,19). The van der Waals surface area contributed by atoms with Gasteiger partial charge >= 0.3 is 5.97 Å². The van der Waals surface area contributed by atoms with Crippen LogP contribution in [0.1, 0.15) is 46.0 Å². The van der Waals surface area contributed by atoms with E-state index in [1.54, 1.807) is 13.8 Å². The van der Waals surface area contributed by atoms with Gasteiger partial charge in [0.2, 0.25) is 5.91 Å². The number of carboxylic acids is 1. The van der Waals surface area contributed by atoms with Crippen molar-refractivity contribution in [1.29, 1.82) is 0 Å². The highest BCUT2D eigenvalue weighted by Crippen LogP contribution is 2.56. The molecular formula is C15H23NO3. The number of carbonyl (C=O) groups is 2. The molecule has 0 heterocycles. The van der Waals surface area contributed by atoms with Crippen LogP contribution >= 0.6 is 0 Å². The molecule has 0 aliphatic heterocycles. The molecule has 106 valence electrons. The summed E-state index contributed by atoms with van der Waals surface area (Å²) in [4.78, 5) is 23.6. The predicted octanol–water partition coefficient (Wildman–Crippen LogP) is 2.04. The van der Waals surface area contributed by atoms with Gasteiger partial charge in [-0.1, -0.05) is 0 Å². The number of amides is 1. The molecule has 1 amide bonds.